The molecule has 0 N–H and O–H groups in total. The van der Waals surface area contributed by atoms with Gasteiger partial charge in [-0.2, -0.15) is 13.2 Å². The molecule has 1 heterocycles. The normalized spacial score (nSPS) is 17.4. The van der Waals surface area contributed by atoms with Crippen LogP contribution in [0.25, 0.3) is 0 Å². The Morgan fingerprint density at radius 3 is 2.40 bits per heavy atom. The van der Waals surface area contributed by atoms with Crippen molar-refractivity contribution in [1.29, 1.82) is 0 Å². The Hall–Kier alpha value is -1.04. The number of alkyl halides is 3. The average molecular weight is 350 g/mol. The van der Waals surface area contributed by atoms with E-state index in [1.165, 1.54) is 12.1 Å². The lowest BCUT2D eigenvalue weighted by atomic mass is 9.98. The Bertz CT molecular complexity index is 508. The summed E-state index contributed by atoms with van der Waals surface area (Å²) < 4.78 is 37.9. The quantitative estimate of drug-likeness (QED) is 0.738. The van der Waals surface area contributed by atoms with Gasteiger partial charge < -0.3 is 4.90 Å². The monoisotopic (exact) mass is 349 g/mol. The lowest BCUT2D eigenvalue weighted by Gasteiger charge is -2.30. The van der Waals surface area contributed by atoms with Crippen molar-refractivity contribution in [3.8, 4) is 0 Å². The van der Waals surface area contributed by atoms with Crippen LogP contribution in [-0.2, 0) is 6.18 Å². The van der Waals surface area contributed by atoms with Gasteiger partial charge in [-0.3, -0.25) is 4.79 Å². The van der Waals surface area contributed by atoms with E-state index in [-0.39, 0.29) is 10.4 Å². The molecule has 1 aliphatic heterocycles. The number of rotatable bonds is 1. The third kappa shape index (κ3) is 3.34. The third-order valence-electron chi connectivity index (χ3n) is 3.59. The zero-order valence-electron chi connectivity index (χ0n) is 11.0. The molecule has 6 heteroatoms. The first-order valence-electron chi connectivity index (χ1n) is 6.45. The van der Waals surface area contributed by atoms with E-state index in [0.717, 1.165) is 18.9 Å². The summed E-state index contributed by atoms with van der Waals surface area (Å²) in [7, 11) is 0. The molecule has 0 aliphatic carbocycles. The summed E-state index contributed by atoms with van der Waals surface area (Å²) in [6.07, 6.45) is -2.54. The zero-order valence-corrected chi connectivity index (χ0v) is 12.6. The van der Waals surface area contributed by atoms with Gasteiger partial charge in [-0.1, -0.05) is 22.9 Å². The summed E-state index contributed by atoms with van der Waals surface area (Å²) in [5.74, 6) is 0.393. The number of likely N-dealkylation sites (tertiary alicyclic amines) is 1. The molecule has 1 aliphatic rings. The van der Waals surface area contributed by atoms with E-state index in [0.29, 0.717) is 24.6 Å². The van der Waals surface area contributed by atoms with Gasteiger partial charge in [0, 0.05) is 23.1 Å². The molecule has 1 aromatic rings. The van der Waals surface area contributed by atoms with E-state index in [1.54, 1.807) is 4.90 Å². The predicted octanol–water partition coefficient (Wildman–Crippen LogP) is 4.34. The summed E-state index contributed by atoms with van der Waals surface area (Å²) in [4.78, 5) is 13.9. The maximum atomic E-state index is 12.7. The van der Waals surface area contributed by atoms with Gasteiger partial charge in [0.25, 0.3) is 5.91 Å². The van der Waals surface area contributed by atoms with E-state index in [9.17, 15) is 18.0 Å². The summed E-state index contributed by atoms with van der Waals surface area (Å²) in [6, 6.07) is 3.45. The lowest BCUT2D eigenvalue weighted by molar-refractivity contribution is -0.138. The number of carbonyl (C=O) groups is 1. The minimum absolute atomic E-state index is 0.0961. The van der Waals surface area contributed by atoms with Crippen molar-refractivity contribution in [2.24, 2.45) is 5.92 Å². The maximum Gasteiger partial charge on any atom is 0.417 e. The maximum absolute atomic E-state index is 12.7. The van der Waals surface area contributed by atoms with Crippen LogP contribution in [0.15, 0.2) is 22.7 Å². The number of benzene rings is 1. The van der Waals surface area contributed by atoms with Crippen molar-refractivity contribution in [3.63, 3.8) is 0 Å². The highest BCUT2D eigenvalue weighted by molar-refractivity contribution is 9.10. The van der Waals surface area contributed by atoms with Crippen LogP contribution in [0, 0.1) is 5.92 Å². The molecule has 0 saturated carbocycles. The number of halogens is 4. The molecule has 20 heavy (non-hydrogen) atoms. The van der Waals surface area contributed by atoms with E-state index in [2.05, 4.69) is 22.9 Å². The Morgan fingerprint density at radius 2 is 1.90 bits per heavy atom. The van der Waals surface area contributed by atoms with Crippen molar-refractivity contribution >= 4 is 21.8 Å². The van der Waals surface area contributed by atoms with Crippen LogP contribution in [0.2, 0.25) is 0 Å². The Labute approximate surface area is 124 Å². The van der Waals surface area contributed by atoms with Crippen LogP contribution in [0.3, 0.4) is 0 Å². The second-order valence-electron chi connectivity index (χ2n) is 5.17. The first-order chi connectivity index (χ1) is 9.29. The minimum atomic E-state index is -4.42. The number of hydrogen-bond acceptors (Lipinski definition) is 1. The fraction of sp³-hybridized carbons (Fsp3) is 0.500. The molecule has 0 bridgehead atoms. The van der Waals surface area contributed by atoms with Crippen molar-refractivity contribution in [3.05, 3.63) is 33.8 Å². The molecule has 1 saturated heterocycles. The second-order valence-corrected chi connectivity index (χ2v) is 6.02. The zero-order chi connectivity index (χ0) is 14.9. The molecule has 110 valence electrons. The number of amides is 1. The lowest BCUT2D eigenvalue weighted by Crippen LogP contribution is -2.37. The van der Waals surface area contributed by atoms with Crippen molar-refractivity contribution in [1.82, 2.24) is 4.90 Å². The van der Waals surface area contributed by atoms with E-state index in [4.69, 9.17) is 0 Å². The fourth-order valence-electron chi connectivity index (χ4n) is 2.27. The van der Waals surface area contributed by atoms with Crippen LogP contribution in [0.5, 0.6) is 0 Å². The molecule has 0 atom stereocenters. The van der Waals surface area contributed by atoms with E-state index in [1.807, 2.05) is 0 Å². The predicted molar refractivity (Wildman–Crippen MR) is 73.4 cm³/mol. The van der Waals surface area contributed by atoms with Crippen molar-refractivity contribution in [2.45, 2.75) is 25.9 Å². The number of carbonyl (C=O) groups excluding carboxylic acids is 1. The van der Waals surface area contributed by atoms with Crippen LogP contribution >= 0.6 is 15.9 Å². The standard InChI is InChI=1S/C14H15BrF3NO/c1-9-4-6-19(7-5-9)13(20)10-2-3-11(12(15)8-10)14(16,17)18/h2-3,8-9H,4-7H2,1H3. The highest BCUT2D eigenvalue weighted by Crippen LogP contribution is 2.35. The van der Waals surface area contributed by atoms with Gasteiger partial charge in [-0.05, 0) is 37.0 Å². The average Bonchev–Trinajstić information content (AvgIpc) is 2.37. The molecule has 0 unspecified atom stereocenters. The molecule has 0 aromatic heterocycles. The first-order valence-corrected chi connectivity index (χ1v) is 7.24. The largest absolute Gasteiger partial charge is 0.417 e. The third-order valence-corrected chi connectivity index (χ3v) is 4.25. The molecular weight excluding hydrogens is 335 g/mol. The summed E-state index contributed by atoms with van der Waals surface area (Å²) >= 11 is 2.89. The van der Waals surface area contributed by atoms with Gasteiger partial charge in [0.1, 0.15) is 0 Å². The highest BCUT2D eigenvalue weighted by atomic mass is 79.9. The second kappa shape index (κ2) is 5.76. The molecule has 1 amide bonds. The Kier molecular flexibility index (Phi) is 4.42. The molecular formula is C14H15BrF3NO. The van der Waals surface area contributed by atoms with E-state index >= 15 is 0 Å². The van der Waals surface area contributed by atoms with Gasteiger partial charge >= 0.3 is 6.18 Å². The Morgan fingerprint density at radius 1 is 1.30 bits per heavy atom. The SMILES string of the molecule is CC1CCN(C(=O)c2ccc(C(F)(F)F)c(Br)c2)CC1. The number of hydrogen-bond donors (Lipinski definition) is 0. The molecule has 0 radical (unpaired) electrons. The molecule has 0 spiro atoms. The fourth-order valence-corrected chi connectivity index (χ4v) is 2.88. The minimum Gasteiger partial charge on any atom is -0.339 e. The molecule has 1 aromatic carbocycles. The van der Waals surface area contributed by atoms with Crippen LogP contribution in [0.1, 0.15) is 35.7 Å². The molecule has 2 rings (SSSR count). The number of nitrogens with zero attached hydrogens (tertiary/aromatic N) is 1. The number of piperidine rings is 1. The topological polar surface area (TPSA) is 20.3 Å². The van der Waals surface area contributed by atoms with Gasteiger partial charge in [0.2, 0.25) is 0 Å². The Balaban J connectivity index is 2.17. The van der Waals surface area contributed by atoms with Crippen molar-refractivity contribution < 1.29 is 18.0 Å². The van der Waals surface area contributed by atoms with Gasteiger partial charge in [0.05, 0.1) is 5.56 Å². The first kappa shape index (κ1) is 15.4. The summed E-state index contributed by atoms with van der Waals surface area (Å²) in [6.45, 7) is 3.47. The van der Waals surface area contributed by atoms with Crippen molar-refractivity contribution in [2.75, 3.05) is 13.1 Å². The van der Waals surface area contributed by atoms with Gasteiger partial charge in [0.15, 0.2) is 0 Å². The highest BCUT2D eigenvalue weighted by Gasteiger charge is 2.33. The smallest absolute Gasteiger partial charge is 0.339 e. The van der Waals surface area contributed by atoms with Crippen LogP contribution in [0.4, 0.5) is 13.2 Å². The summed E-state index contributed by atoms with van der Waals surface area (Å²) in [5, 5.41) is 0. The van der Waals surface area contributed by atoms with Crippen LogP contribution in [-0.4, -0.2) is 23.9 Å². The molecule has 2 nitrogen and oxygen atoms in total. The van der Waals surface area contributed by atoms with E-state index < -0.39 is 11.7 Å². The summed E-state index contributed by atoms with van der Waals surface area (Å²) in [5.41, 5.74) is -0.472. The van der Waals surface area contributed by atoms with Gasteiger partial charge in [-0.15, -0.1) is 0 Å². The van der Waals surface area contributed by atoms with Gasteiger partial charge in [-0.25, -0.2) is 0 Å². The van der Waals surface area contributed by atoms with Crippen LogP contribution < -0.4 is 0 Å². The molecule has 1 fully saturated rings.